The van der Waals surface area contributed by atoms with E-state index in [-0.39, 0.29) is 5.82 Å². The average molecular weight is 464 g/mol. The Balaban J connectivity index is 1.93. The zero-order valence-electron chi connectivity index (χ0n) is 17.2. The average Bonchev–Trinajstić information content (AvgIpc) is 3.25. The molecule has 0 saturated carbocycles. The highest BCUT2D eigenvalue weighted by Gasteiger charge is 2.16. The quantitative estimate of drug-likeness (QED) is 0.237. The Morgan fingerprint density at radius 2 is 1.84 bits per heavy atom. The molecule has 0 radical (unpaired) electrons. The van der Waals surface area contributed by atoms with Gasteiger partial charge in [0, 0.05) is 6.08 Å². The number of carboxylic acid groups (broad SMARTS) is 1. The summed E-state index contributed by atoms with van der Waals surface area (Å²) in [6.07, 6.45) is 3.34. The minimum atomic E-state index is -0.995. The molecule has 0 aliphatic rings. The summed E-state index contributed by atoms with van der Waals surface area (Å²) in [5.41, 5.74) is 8.18. The van der Waals surface area contributed by atoms with Crippen molar-refractivity contribution in [3.05, 3.63) is 105 Å². The van der Waals surface area contributed by atoms with Crippen LogP contribution >= 0.6 is 22.9 Å². The molecule has 160 valence electrons. The maximum absolute atomic E-state index is 13.7. The number of rotatable bonds is 6. The van der Waals surface area contributed by atoms with Gasteiger partial charge in [-0.3, -0.25) is 0 Å². The van der Waals surface area contributed by atoms with Gasteiger partial charge in [-0.1, -0.05) is 54.9 Å². The van der Waals surface area contributed by atoms with Crippen molar-refractivity contribution in [1.82, 2.24) is 4.98 Å². The molecule has 0 aliphatic heterocycles. The molecule has 0 amide bonds. The van der Waals surface area contributed by atoms with Gasteiger partial charge in [-0.05, 0) is 70.2 Å². The molecule has 0 fully saturated rings. The lowest BCUT2D eigenvalue weighted by atomic mass is 9.87. The van der Waals surface area contributed by atoms with Crippen molar-refractivity contribution in [2.45, 2.75) is 13.3 Å². The molecular weight excluding hydrogens is 445 g/mol. The zero-order chi connectivity index (χ0) is 22.7. The molecule has 0 unspecified atom stereocenters. The molecule has 1 N–H and O–H groups in total. The third kappa shape index (κ3) is 4.64. The fourth-order valence-electron chi connectivity index (χ4n) is 3.69. The lowest BCUT2D eigenvalue weighted by Gasteiger charge is -2.17. The maximum Gasteiger partial charge on any atom is 0.328 e. The first-order valence-corrected chi connectivity index (χ1v) is 11.3. The van der Waals surface area contributed by atoms with Crippen molar-refractivity contribution in [3.8, 4) is 0 Å². The number of halogens is 2. The molecule has 0 aliphatic carbocycles. The maximum atomic E-state index is 13.7. The van der Waals surface area contributed by atoms with Crippen LogP contribution in [0.1, 0.15) is 35.6 Å². The zero-order valence-corrected chi connectivity index (χ0v) is 18.8. The van der Waals surface area contributed by atoms with Crippen molar-refractivity contribution in [2.75, 3.05) is 0 Å². The summed E-state index contributed by atoms with van der Waals surface area (Å²) in [6.45, 7) is 2.04. The van der Waals surface area contributed by atoms with Gasteiger partial charge in [0.15, 0.2) is 0 Å². The second-order valence-electron chi connectivity index (χ2n) is 7.16. The van der Waals surface area contributed by atoms with Crippen LogP contribution in [0.25, 0.3) is 27.4 Å². The SMILES string of the molecule is CC/C(=C(/c1ccc(/C=C/C(=O)O)cc1)c1ccc2scnc2c1)c1ccc(F)cc1Cl. The van der Waals surface area contributed by atoms with E-state index >= 15 is 0 Å². The molecule has 0 saturated heterocycles. The molecule has 0 atom stereocenters. The number of nitrogens with zero attached hydrogens (tertiary/aromatic N) is 1. The molecule has 1 aromatic heterocycles. The van der Waals surface area contributed by atoms with Crippen LogP contribution in [-0.4, -0.2) is 16.1 Å². The van der Waals surface area contributed by atoms with Crippen LogP contribution in [0.4, 0.5) is 4.39 Å². The van der Waals surface area contributed by atoms with Crippen LogP contribution in [-0.2, 0) is 4.79 Å². The van der Waals surface area contributed by atoms with Gasteiger partial charge >= 0.3 is 5.97 Å². The number of hydrogen-bond acceptors (Lipinski definition) is 3. The van der Waals surface area contributed by atoms with Gasteiger partial charge in [0.1, 0.15) is 5.82 Å². The molecule has 32 heavy (non-hydrogen) atoms. The standard InChI is InChI=1S/C26H19ClFNO2S/c1-2-20(21-10-9-19(28)14-22(21)27)26(18-8-11-24-23(13-18)29-15-32-24)17-6-3-16(4-7-17)5-12-25(30)31/h3-15H,2H2,1H3,(H,30,31)/b12-5+,26-20+. The first-order valence-electron chi connectivity index (χ1n) is 10.00. The lowest BCUT2D eigenvalue weighted by molar-refractivity contribution is -0.131. The van der Waals surface area contributed by atoms with Crippen LogP contribution in [0.2, 0.25) is 5.02 Å². The molecule has 1 heterocycles. The molecule has 3 nitrogen and oxygen atoms in total. The molecule has 4 aromatic rings. The number of carbonyl (C=O) groups is 1. The normalized spacial score (nSPS) is 12.3. The van der Waals surface area contributed by atoms with E-state index in [1.807, 2.05) is 48.8 Å². The van der Waals surface area contributed by atoms with Crippen molar-refractivity contribution in [2.24, 2.45) is 0 Å². The topological polar surface area (TPSA) is 50.2 Å². The molecule has 6 heteroatoms. The third-order valence-electron chi connectivity index (χ3n) is 5.15. The second kappa shape index (κ2) is 9.47. The van der Waals surface area contributed by atoms with E-state index in [2.05, 4.69) is 11.1 Å². The van der Waals surface area contributed by atoms with E-state index in [0.29, 0.717) is 11.4 Å². The van der Waals surface area contributed by atoms with Crippen molar-refractivity contribution < 1.29 is 14.3 Å². The Bertz CT molecular complexity index is 1360. The van der Waals surface area contributed by atoms with Crippen LogP contribution in [0.15, 0.2) is 72.3 Å². The van der Waals surface area contributed by atoms with Crippen LogP contribution in [0.3, 0.4) is 0 Å². The van der Waals surface area contributed by atoms with Crippen molar-refractivity contribution in [1.29, 1.82) is 0 Å². The lowest BCUT2D eigenvalue weighted by Crippen LogP contribution is -1.96. The van der Waals surface area contributed by atoms with Crippen LogP contribution in [0.5, 0.6) is 0 Å². The fourth-order valence-corrected chi connectivity index (χ4v) is 4.63. The smallest absolute Gasteiger partial charge is 0.328 e. The molecular formula is C26H19ClFNO2S. The summed E-state index contributed by atoms with van der Waals surface area (Å²) in [6, 6.07) is 18.3. The van der Waals surface area contributed by atoms with Gasteiger partial charge in [0.2, 0.25) is 0 Å². The van der Waals surface area contributed by atoms with E-state index in [1.165, 1.54) is 12.1 Å². The van der Waals surface area contributed by atoms with Crippen LogP contribution in [0, 0.1) is 5.82 Å². The Morgan fingerprint density at radius 1 is 1.09 bits per heavy atom. The fraction of sp³-hybridized carbons (Fsp3) is 0.0769. The predicted molar refractivity (Wildman–Crippen MR) is 130 cm³/mol. The van der Waals surface area contributed by atoms with Gasteiger partial charge in [-0.15, -0.1) is 11.3 Å². The van der Waals surface area contributed by atoms with Gasteiger partial charge in [0.05, 0.1) is 20.7 Å². The summed E-state index contributed by atoms with van der Waals surface area (Å²) in [7, 11) is 0. The Kier molecular flexibility index (Phi) is 6.49. The molecule has 0 spiro atoms. The molecule has 0 bridgehead atoms. The number of hydrogen-bond donors (Lipinski definition) is 1. The predicted octanol–water partition coefficient (Wildman–Crippen LogP) is 7.56. The van der Waals surface area contributed by atoms with E-state index in [1.54, 1.807) is 23.5 Å². The minimum Gasteiger partial charge on any atom is -0.478 e. The van der Waals surface area contributed by atoms with Crippen LogP contribution < -0.4 is 0 Å². The number of aromatic nitrogens is 1. The molecule has 4 rings (SSSR count). The van der Waals surface area contributed by atoms with Gasteiger partial charge in [0.25, 0.3) is 0 Å². The Hall–Kier alpha value is -3.28. The molecule has 3 aromatic carbocycles. The summed E-state index contributed by atoms with van der Waals surface area (Å²) in [5.74, 6) is -1.38. The first-order chi connectivity index (χ1) is 15.5. The summed E-state index contributed by atoms with van der Waals surface area (Å²) < 4.78 is 14.8. The summed E-state index contributed by atoms with van der Waals surface area (Å²) in [5, 5.41) is 9.23. The minimum absolute atomic E-state index is 0.357. The van der Waals surface area contributed by atoms with E-state index < -0.39 is 5.97 Å². The van der Waals surface area contributed by atoms with Crippen molar-refractivity contribution in [3.63, 3.8) is 0 Å². The number of thiazole rings is 1. The van der Waals surface area contributed by atoms with Crippen molar-refractivity contribution >= 4 is 56.3 Å². The number of carboxylic acids is 1. The van der Waals surface area contributed by atoms with E-state index in [0.717, 1.165) is 49.7 Å². The van der Waals surface area contributed by atoms with Gasteiger partial charge in [-0.2, -0.15) is 0 Å². The Labute approximate surface area is 194 Å². The van der Waals surface area contributed by atoms with Gasteiger partial charge < -0.3 is 5.11 Å². The van der Waals surface area contributed by atoms with E-state index in [9.17, 15) is 9.18 Å². The monoisotopic (exact) mass is 463 g/mol. The first kappa shape index (κ1) is 21.9. The number of allylic oxidation sites excluding steroid dienone is 1. The van der Waals surface area contributed by atoms with E-state index in [4.69, 9.17) is 16.7 Å². The highest BCUT2D eigenvalue weighted by Crippen LogP contribution is 2.38. The number of aliphatic carboxylic acids is 1. The summed E-state index contributed by atoms with van der Waals surface area (Å²) >= 11 is 8.03. The number of benzene rings is 3. The second-order valence-corrected chi connectivity index (χ2v) is 8.45. The third-order valence-corrected chi connectivity index (χ3v) is 6.27. The summed E-state index contributed by atoms with van der Waals surface area (Å²) in [4.78, 5) is 15.3. The highest BCUT2D eigenvalue weighted by atomic mass is 35.5. The highest BCUT2D eigenvalue weighted by molar-refractivity contribution is 7.16. The largest absolute Gasteiger partial charge is 0.478 e. The number of fused-ring (bicyclic) bond motifs is 1. The van der Waals surface area contributed by atoms with Gasteiger partial charge in [-0.25, -0.2) is 14.2 Å². The Morgan fingerprint density at radius 3 is 2.53 bits per heavy atom.